The van der Waals surface area contributed by atoms with Gasteiger partial charge < -0.3 is 10.1 Å². The summed E-state index contributed by atoms with van der Waals surface area (Å²) in [5.74, 6) is 1.81. The van der Waals surface area contributed by atoms with Crippen LogP contribution >= 0.6 is 11.8 Å². The number of thioether (sulfide) groups is 1. The largest absolute Gasteiger partial charge is 0.486 e. The summed E-state index contributed by atoms with van der Waals surface area (Å²) in [7, 11) is 0. The first-order valence-electron chi connectivity index (χ1n) is 10.1. The third-order valence-corrected chi connectivity index (χ3v) is 5.43. The van der Waals surface area contributed by atoms with E-state index in [0.29, 0.717) is 24.1 Å². The van der Waals surface area contributed by atoms with E-state index in [9.17, 15) is 4.79 Å². The first-order chi connectivity index (χ1) is 14.5. The minimum absolute atomic E-state index is 0.0157. The highest BCUT2D eigenvalue weighted by molar-refractivity contribution is 7.99. The predicted molar refractivity (Wildman–Crippen MR) is 120 cm³/mol. The molecule has 2 aromatic carbocycles. The molecule has 0 spiro atoms. The van der Waals surface area contributed by atoms with Crippen LogP contribution < -0.4 is 10.1 Å². The van der Waals surface area contributed by atoms with Crippen LogP contribution in [0.2, 0.25) is 0 Å². The summed E-state index contributed by atoms with van der Waals surface area (Å²) in [4.78, 5) is 12.1. The third-order valence-electron chi connectivity index (χ3n) is 4.46. The standard InChI is InChI=1S/C23H28N4O2S/c1-4-18-10-12-20(13-11-18)29-15-21-25-26-23(30-16-22(28)24-17(2)3)27(21)14-19-8-6-5-7-9-19/h5-13,17H,4,14-16H2,1-3H3,(H,24,28). The Labute approximate surface area is 182 Å². The molecule has 0 saturated heterocycles. The van der Waals surface area contributed by atoms with E-state index in [1.54, 1.807) is 0 Å². The van der Waals surface area contributed by atoms with Crippen LogP contribution in [0.3, 0.4) is 0 Å². The normalized spacial score (nSPS) is 10.9. The molecule has 1 amide bonds. The zero-order valence-electron chi connectivity index (χ0n) is 17.7. The maximum atomic E-state index is 12.1. The summed E-state index contributed by atoms with van der Waals surface area (Å²) < 4.78 is 7.97. The Hall–Kier alpha value is -2.80. The van der Waals surface area contributed by atoms with Gasteiger partial charge in [-0.2, -0.15) is 0 Å². The molecule has 0 aliphatic carbocycles. The number of nitrogens with zero attached hydrogens (tertiary/aromatic N) is 3. The van der Waals surface area contributed by atoms with Crippen molar-refractivity contribution >= 4 is 17.7 Å². The Morgan fingerprint density at radius 3 is 2.47 bits per heavy atom. The fraction of sp³-hybridized carbons (Fsp3) is 0.348. The first kappa shape index (κ1) is 21.9. The molecule has 0 atom stereocenters. The first-order valence-corrected chi connectivity index (χ1v) is 11.1. The Balaban J connectivity index is 1.73. The van der Waals surface area contributed by atoms with Crippen LogP contribution in [0.5, 0.6) is 5.75 Å². The van der Waals surface area contributed by atoms with Gasteiger partial charge in [0.25, 0.3) is 0 Å². The van der Waals surface area contributed by atoms with Crippen molar-refractivity contribution < 1.29 is 9.53 Å². The zero-order chi connectivity index (χ0) is 21.3. The number of ether oxygens (including phenoxy) is 1. The van der Waals surface area contributed by atoms with E-state index in [2.05, 4.69) is 46.7 Å². The molecular formula is C23H28N4O2S. The average molecular weight is 425 g/mol. The van der Waals surface area contributed by atoms with Gasteiger partial charge in [-0.15, -0.1) is 10.2 Å². The molecule has 0 saturated carbocycles. The number of carbonyl (C=O) groups is 1. The summed E-state index contributed by atoms with van der Waals surface area (Å²) >= 11 is 1.39. The highest BCUT2D eigenvalue weighted by atomic mass is 32.2. The van der Waals surface area contributed by atoms with Gasteiger partial charge in [0.2, 0.25) is 5.91 Å². The van der Waals surface area contributed by atoms with Crippen molar-refractivity contribution in [3.8, 4) is 5.75 Å². The van der Waals surface area contributed by atoms with Crippen LogP contribution in [-0.4, -0.2) is 32.5 Å². The molecular weight excluding hydrogens is 396 g/mol. The van der Waals surface area contributed by atoms with Crippen molar-refractivity contribution in [2.45, 2.75) is 51.5 Å². The molecule has 0 aliphatic heterocycles. The SMILES string of the molecule is CCc1ccc(OCc2nnc(SCC(=O)NC(C)C)n2Cc2ccccc2)cc1. The molecule has 3 aromatic rings. The number of hydrogen-bond acceptors (Lipinski definition) is 5. The van der Waals surface area contributed by atoms with Crippen molar-refractivity contribution in [1.29, 1.82) is 0 Å². The second-order valence-electron chi connectivity index (χ2n) is 7.27. The molecule has 0 fully saturated rings. The van der Waals surface area contributed by atoms with Gasteiger partial charge in [-0.3, -0.25) is 9.36 Å². The molecule has 6 nitrogen and oxygen atoms in total. The fourth-order valence-corrected chi connectivity index (χ4v) is 3.69. The molecule has 158 valence electrons. The van der Waals surface area contributed by atoms with Crippen LogP contribution in [0, 0.1) is 0 Å². The number of amides is 1. The Bertz CT molecular complexity index is 940. The van der Waals surface area contributed by atoms with Crippen molar-refractivity contribution in [2.24, 2.45) is 0 Å². The molecule has 0 unspecified atom stereocenters. The van der Waals surface area contributed by atoms with Crippen molar-refractivity contribution in [1.82, 2.24) is 20.1 Å². The summed E-state index contributed by atoms with van der Waals surface area (Å²) in [6, 6.07) is 18.3. The lowest BCUT2D eigenvalue weighted by molar-refractivity contribution is -0.119. The third kappa shape index (κ3) is 6.35. The van der Waals surface area contributed by atoms with E-state index >= 15 is 0 Å². The minimum atomic E-state index is -0.0157. The number of aromatic nitrogens is 3. The molecule has 0 radical (unpaired) electrons. The number of benzene rings is 2. The van der Waals surface area contributed by atoms with E-state index in [4.69, 9.17) is 4.74 Å². The highest BCUT2D eigenvalue weighted by Crippen LogP contribution is 2.20. The quantitative estimate of drug-likeness (QED) is 0.497. The molecule has 30 heavy (non-hydrogen) atoms. The van der Waals surface area contributed by atoms with E-state index in [1.165, 1.54) is 17.3 Å². The molecule has 1 heterocycles. The number of hydrogen-bond donors (Lipinski definition) is 1. The predicted octanol–water partition coefficient (Wildman–Crippen LogP) is 4.08. The zero-order valence-corrected chi connectivity index (χ0v) is 18.5. The smallest absolute Gasteiger partial charge is 0.230 e. The van der Waals surface area contributed by atoms with E-state index in [1.807, 2.05) is 48.7 Å². The van der Waals surface area contributed by atoms with Gasteiger partial charge in [0, 0.05) is 6.04 Å². The van der Waals surface area contributed by atoms with Crippen molar-refractivity contribution in [3.63, 3.8) is 0 Å². The molecule has 3 rings (SSSR count). The topological polar surface area (TPSA) is 69.0 Å². The molecule has 1 aromatic heterocycles. The summed E-state index contributed by atoms with van der Waals surface area (Å²) in [5.41, 5.74) is 2.41. The Morgan fingerprint density at radius 1 is 1.07 bits per heavy atom. The van der Waals surface area contributed by atoms with Gasteiger partial charge in [0.1, 0.15) is 12.4 Å². The second kappa shape index (κ2) is 10.8. The Kier molecular flexibility index (Phi) is 7.90. The monoisotopic (exact) mass is 424 g/mol. The van der Waals surface area contributed by atoms with Crippen LogP contribution in [0.1, 0.15) is 37.7 Å². The maximum Gasteiger partial charge on any atom is 0.230 e. The van der Waals surface area contributed by atoms with Gasteiger partial charge in [0.05, 0.1) is 12.3 Å². The van der Waals surface area contributed by atoms with Crippen molar-refractivity contribution in [2.75, 3.05) is 5.75 Å². The van der Waals surface area contributed by atoms with Gasteiger partial charge in [-0.1, -0.05) is 61.2 Å². The lowest BCUT2D eigenvalue weighted by Crippen LogP contribution is -2.31. The number of rotatable bonds is 10. The number of nitrogens with one attached hydrogen (secondary N) is 1. The molecule has 0 aliphatic rings. The number of carbonyl (C=O) groups excluding carboxylic acids is 1. The maximum absolute atomic E-state index is 12.1. The Morgan fingerprint density at radius 2 is 1.80 bits per heavy atom. The van der Waals surface area contributed by atoms with E-state index < -0.39 is 0 Å². The lowest BCUT2D eigenvalue weighted by Gasteiger charge is -2.12. The molecule has 1 N–H and O–H groups in total. The van der Waals surface area contributed by atoms with E-state index in [0.717, 1.165) is 23.6 Å². The van der Waals surface area contributed by atoms with Gasteiger partial charge >= 0.3 is 0 Å². The van der Waals surface area contributed by atoms with E-state index in [-0.39, 0.29) is 11.9 Å². The summed E-state index contributed by atoms with van der Waals surface area (Å²) in [5, 5.41) is 12.3. The average Bonchev–Trinajstić information content (AvgIpc) is 3.13. The second-order valence-corrected chi connectivity index (χ2v) is 8.21. The van der Waals surface area contributed by atoms with Gasteiger partial charge in [-0.25, -0.2) is 0 Å². The molecule has 7 heteroatoms. The summed E-state index contributed by atoms with van der Waals surface area (Å²) in [6.45, 7) is 6.95. The van der Waals surface area contributed by atoms with Crippen LogP contribution in [-0.2, 0) is 24.4 Å². The fourth-order valence-electron chi connectivity index (χ4n) is 2.92. The molecule has 0 bridgehead atoms. The number of aryl methyl sites for hydroxylation is 1. The highest BCUT2D eigenvalue weighted by Gasteiger charge is 2.15. The van der Waals surface area contributed by atoms with Crippen molar-refractivity contribution in [3.05, 3.63) is 71.5 Å². The van der Waals surface area contributed by atoms with Crippen LogP contribution in [0.15, 0.2) is 59.8 Å². The van der Waals surface area contributed by atoms with Gasteiger partial charge in [0.15, 0.2) is 11.0 Å². The summed E-state index contributed by atoms with van der Waals surface area (Å²) in [6.07, 6.45) is 0.997. The van der Waals surface area contributed by atoms with Crippen LogP contribution in [0.4, 0.5) is 0 Å². The minimum Gasteiger partial charge on any atom is -0.486 e. The van der Waals surface area contributed by atoms with Gasteiger partial charge in [-0.05, 0) is 43.5 Å². The lowest BCUT2D eigenvalue weighted by atomic mass is 10.2. The van der Waals surface area contributed by atoms with Crippen LogP contribution in [0.25, 0.3) is 0 Å².